The zero-order valence-electron chi connectivity index (χ0n) is 8.09. The van der Waals surface area contributed by atoms with E-state index in [1.165, 1.54) is 25.7 Å². The van der Waals surface area contributed by atoms with Crippen LogP contribution in [0.25, 0.3) is 0 Å². The molecule has 14 heavy (non-hydrogen) atoms. The van der Waals surface area contributed by atoms with Crippen molar-refractivity contribution in [3.63, 3.8) is 0 Å². The van der Waals surface area contributed by atoms with Gasteiger partial charge in [0, 0.05) is 12.3 Å². The lowest BCUT2D eigenvalue weighted by Gasteiger charge is -2.05. The lowest BCUT2D eigenvalue weighted by atomic mass is 10.1. The molecular weight excluding hydrogens is 200 g/mol. The van der Waals surface area contributed by atoms with Crippen LogP contribution in [0.15, 0.2) is 0 Å². The van der Waals surface area contributed by atoms with Gasteiger partial charge in [-0.15, -0.1) is 0 Å². The summed E-state index contributed by atoms with van der Waals surface area (Å²) in [7, 11) is 0. The van der Waals surface area contributed by atoms with Crippen molar-refractivity contribution < 1.29 is 5.11 Å². The highest BCUT2D eigenvalue weighted by Crippen LogP contribution is 2.36. The average Bonchev–Trinajstić information content (AvgIpc) is 2.74. The molecule has 0 unspecified atom stereocenters. The smallest absolute Gasteiger partial charge is 0.150 e. The Bertz CT molecular complexity index is 305. The second-order valence-electron chi connectivity index (χ2n) is 3.84. The molecule has 1 heterocycles. The Morgan fingerprint density at radius 1 is 1.43 bits per heavy atom. The van der Waals surface area contributed by atoms with Crippen molar-refractivity contribution in [3.8, 4) is 0 Å². The van der Waals surface area contributed by atoms with Gasteiger partial charge in [0.15, 0.2) is 5.15 Å². The number of hydrogen-bond donors (Lipinski definition) is 2. The number of halogens is 1. The maximum atomic E-state index is 8.78. The summed E-state index contributed by atoms with van der Waals surface area (Å²) < 4.78 is 0. The molecule has 1 aliphatic carbocycles. The molecule has 1 saturated carbocycles. The SMILES string of the molecule is OCCc1nc(Cl)c(C2CCCC2)[nH]1. The lowest BCUT2D eigenvalue weighted by molar-refractivity contribution is 0.297. The Morgan fingerprint density at radius 2 is 2.14 bits per heavy atom. The first-order valence-electron chi connectivity index (χ1n) is 5.16. The highest BCUT2D eigenvalue weighted by molar-refractivity contribution is 6.30. The zero-order chi connectivity index (χ0) is 9.97. The minimum atomic E-state index is 0.119. The number of rotatable bonds is 3. The van der Waals surface area contributed by atoms with E-state index in [-0.39, 0.29) is 6.61 Å². The molecule has 1 aliphatic rings. The van der Waals surface area contributed by atoms with Crippen LogP contribution < -0.4 is 0 Å². The van der Waals surface area contributed by atoms with Crippen molar-refractivity contribution in [2.24, 2.45) is 0 Å². The fourth-order valence-corrected chi connectivity index (χ4v) is 2.43. The number of H-pyrrole nitrogens is 1. The third kappa shape index (κ3) is 1.93. The average molecular weight is 215 g/mol. The van der Waals surface area contributed by atoms with Crippen LogP contribution in [0.4, 0.5) is 0 Å². The fourth-order valence-electron chi connectivity index (χ4n) is 2.12. The first-order chi connectivity index (χ1) is 6.81. The van der Waals surface area contributed by atoms with Crippen molar-refractivity contribution in [3.05, 3.63) is 16.7 Å². The van der Waals surface area contributed by atoms with E-state index in [1.54, 1.807) is 0 Å². The molecule has 78 valence electrons. The van der Waals surface area contributed by atoms with Gasteiger partial charge in [-0.2, -0.15) is 0 Å². The second-order valence-corrected chi connectivity index (χ2v) is 4.20. The Labute approximate surface area is 88.5 Å². The van der Waals surface area contributed by atoms with E-state index in [4.69, 9.17) is 16.7 Å². The quantitative estimate of drug-likeness (QED) is 0.811. The minimum Gasteiger partial charge on any atom is -0.396 e. The summed E-state index contributed by atoms with van der Waals surface area (Å²) in [4.78, 5) is 7.42. The van der Waals surface area contributed by atoms with Crippen LogP contribution in [0.1, 0.15) is 43.1 Å². The van der Waals surface area contributed by atoms with Crippen molar-refractivity contribution >= 4 is 11.6 Å². The minimum absolute atomic E-state index is 0.119. The number of nitrogens with one attached hydrogen (secondary N) is 1. The van der Waals surface area contributed by atoms with Gasteiger partial charge >= 0.3 is 0 Å². The second kappa shape index (κ2) is 4.32. The molecule has 3 nitrogen and oxygen atoms in total. The number of aromatic nitrogens is 2. The summed E-state index contributed by atoms with van der Waals surface area (Å²) in [6, 6.07) is 0. The summed E-state index contributed by atoms with van der Waals surface area (Å²) in [6.45, 7) is 0.119. The summed E-state index contributed by atoms with van der Waals surface area (Å²) in [5, 5.41) is 9.38. The first-order valence-corrected chi connectivity index (χ1v) is 5.54. The lowest BCUT2D eigenvalue weighted by Crippen LogP contribution is -1.95. The predicted molar refractivity (Wildman–Crippen MR) is 55.6 cm³/mol. The third-order valence-electron chi connectivity index (χ3n) is 2.85. The maximum absolute atomic E-state index is 8.78. The van der Waals surface area contributed by atoms with Crippen LogP contribution >= 0.6 is 11.6 Å². The number of aliphatic hydroxyl groups excluding tert-OH is 1. The van der Waals surface area contributed by atoms with E-state index in [1.807, 2.05) is 0 Å². The van der Waals surface area contributed by atoms with Crippen molar-refractivity contribution in [1.82, 2.24) is 9.97 Å². The summed E-state index contributed by atoms with van der Waals surface area (Å²) >= 11 is 6.04. The largest absolute Gasteiger partial charge is 0.396 e. The van der Waals surface area contributed by atoms with Gasteiger partial charge in [-0.25, -0.2) is 4.98 Å². The highest BCUT2D eigenvalue weighted by atomic mass is 35.5. The fraction of sp³-hybridized carbons (Fsp3) is 0.700. The van der Waals surface area contributed by atoms with Crippen LogP contribution in [0.2, 0.25) is 5.15 Å². The molecule has 0 atom stereocenters. The maximum Gasteiger partial charge on any atom is 0.150 e. The van der Waals surface area contributed by atoms with Gasteiger partial charge in [0.1, 0.15) is 5.82 Å². The number of nitrogens with zero attached hydrogens (tertiary/aromatic N) is 1. The number of hydrogen-bond acceptors (Lipinski definition) is 2. The number of aliphatic hydroxyl groups is 1. The highest BCUT2D eigenvalue weighted by Gasteiger charge is 2.22. The van der Waals surface area contributed by atoms with Gasteiger partial charge < -0.3 is 10.1 Å². The monoisotopic (exact) mass is 214 g/mol. The first kappa shape index (κ1) is 9.99. The Kier molecular flexibility index (Phi) is 3.08. The summed E-state index contributed by atoms with van der Waals surface area (Å²) in [5.41, 5.74) is 1.08. The Hall–Kier alpha value is -0.540. The molecule has 1 aromatic rings. The molecule has 0 aromatic carbocycles. The molecule has 0 radical (unpaired) electrons. The van der Waals surface area contributed by atoms with E-state index in [9.17, 15) is 0 Å². The third-order valence-corrected chi connectivity index (χ3v) is 3.13. The standard InChI is InChI=1S/C10H15ClN2O/c11-10-9(7-3-1-2-4-7)12-8(13-10)5-6-14/h7,14H,1-6H2,(H,12,13). The Morgan fingerprint density at radius 3 is 2.79 bits per heavy atom. The Balaban J connectivity index is 2.15. The zero-order valence-corrected chi connectivity index (χ0v) is 8.85. The van der Waals surface area contributed by atoms with Crippen molar-refractivity contribution in [2.75, 3.05) is 6.61 Å². The normalized spacial score (nSPS) is 17.9. The molecule has 0 spiro atoms. The molecule has 0 bridgehead atoms. The van der Waals surface area contributed by atoms with Gasteiger partial charge in [-0.3, -0.25) is 0 Å². The molecule has 0 aliphatic heterocycles. The molecule has 0 saturated heterocycles. The van der Waals surface area contributed by atoms with E-state index in [0.717, 1.165) is 11.5 Å². The predicted octanol–water partition coefficient (Wildman–Crippen LogP) is 2.26. The van der Waals surface area contributed by atoms with E-state index >= 15 is 0 Å². The number of imidazole rings is 1. The van der Waals surface area contributed by atoms with E-state index in [2.05, 4.69) is 9.97 Å². The van der Waals surface area contributed by atoms with Crippen LogP contribution in [0.5, 0.6) is 0 Å². The summed E-state index contributed by atoms with van der Waals surface area (Å²) in [6.07, 6.45) is 5.55. The van der Waals surface area contributed by atoms with E-state index < -0.39 is 0 Å². The van der Waals surface area contributed by atoms with Gasteiger partial charge in [-0.05, 0) is 12.8 Å². The molecular formula is C10H15ClN2O. The molecule has 4 heteroatoms. The van der Waals surface area contributed by atoms with Crippen LogP contribution in [0, 0.1) is 0 Å². The molecule has 1 aromatic heterocycles. The van der Waals surface area contributed by atoms with Gasteiger partial charge in [0.05, 0.1) is 12.3 Å². The van der Waals surface area contributed by atoms with Crippen LogP contribution in [-0.2, 0) is 6.42 Å². The van der Waals surface area contributed by atoms with E-state index in [0.29, 0.717) is 17.5 Å². The van der Waals surface area contributed by atoms with Crippen LogP contribution in [0.3, 0.4) is 0 Å². The number of aromatic amines is 1. The topological polar surface area (TPSA) is 48.9 Å². The van der Waals surface area contributed by atoms with Crippen molar-refractivity contribution in [2.45, 2.75) is 38.0 Å². The molecule has 1 fully saturated rings. The summed E-state index contributed by atoms with van der Waals surface area (Å²) in [5.74, 6) is 1.36. The van der Waals surface area contributed by atoms with Crippen LogP contribution in [-0.4, -0.2) is 21.7 Å². The van der Waals surface area contributed by atoms with Gasteiger partial charge in [-0.1, -0.05) is 24.4 Å². The molecule has 2 rings (SSSR count). The van der Waals surface area contributed by atoms with Gasteiger partial charge in [0.25, 0.3) is 0 Å². The molecule has 0 amide bonds. The molecule has 2 N–H and O–H groups in total. The van der Waals surface area contributed by atoms with Crippen molar-refractivity contribution in [1.29, 1.82) is 0 Å². The van der Waals surface area contributed by atoms with Gasteiger partial charge in [0.2, 0.25) is 0 Å².